The third kappa shape index (κ3) is 1.79. The summed E-state index contributed by atoms with van der Waals surface area (Å²) in [5, 5.41) is 1.36. The molecule has 0 fully saturated rings. The maximum absolute atomic E-state index is 3.34. The fourth-order valence-corrected chi connectivity index (χ4v) is 1.92. The maximum atomic E-state index is 3.34. The van der Waals surface area contributed by atoms with E-state index in [1.165, 1.54) is 16.5 Å². The molecule has 0 bridgehead atoms. The first-order valence-corrected chi connectivity index (χ1v) is 5.56. The van der Waals surface area contributed by atoms with Crippen molar-refractivity contribution < 1.29 is 0 Å². The largest absolute Gasteiger partial charge is 0.361 e. The van der Waals surface area contributed by atoms with Gasteiger partial charge in [-0.2, -0.15) is 0 Å². The van der Waals surface area contributed by atoms with Gasteiger partial charge < -0.3 is 4.98 Å². The van der Waals surface area contributed by atoms with E-state index in [0.29, 0.717) is 11.3 Å². The summed E-state index contributed by atoms with van der Waals surface area (Å²) in [5.41, 5.74) is 2.98. The minimum atomic E-state index is 0.310. The van der Waals surface area contributed by atoms with E-state index in [2.05, 4.69) is 63.1 Å². The number of hydrogen-bond acceptors (Lipinski definition) is 0. The van der Waals surface area contributed by atoms with E-state index in [1.54, 1.807) is 0 Å². The molecule has 1 aromatic carbocycles. The van der Waals surface area contributed by atoms with Crippen molar-refractivity contribution in [3.63, 3.8) is 0 Å². The number of aromatic nitrogens is 1. The van der Waals surface area contributed by atoms with Crippen LogP contribution in [0.25, 0.3) is 10.9 Å². The molecule has 0 aliphatic carbocycles. The highest BCUT2D eigenvalue weighted by Gasteiger charge is 2.23. The zero-order chi connectivity index (χ0) is 11.1. The molecule has 0 spiro atoms. The summed E-state index contributed by atoms with van der Waals surface area (Å²) in [6, 6.07) is 8.51. The number of aromatic amines is 1. The lowest BCUT2D eigenvalue weighted by molar-refractivity contribution is 0.341. The lowest BCUT2D eigenvalue weighted by Gasteiger charge is -2.27. The highest BCUT2D eigenvalue weighted by Crippen LogP contribution is 2.37. The standard InChI is InChI=1S/C14H19N/c1-10(14(2,3)4)12-9-15-13-8-6-5-7-11(12)13/h5-10,15H,1-4H3/t10-/m1/s1. The van der Waals surface area contributed by atoms with E-state index in [1.807, 2.05) is 0 Å². The molecule has 2 aromatic rings. The molecule has 1 nitrogen and oxygen atoms in total. The van der Waals surface area contributed by atoms with Crippen LogP contribution < -0.4 is 0 Å². The van der Waals surface area contributed by atoms with Crippen LogP contribution in [0.3, 0.4) is 0 Å². The van der Waals surface area contributed by atoms with Gasteiger partial charge in [0.15, 0.2) is 0 Å². The number of hydrogen-bond donors (Lipinski definition) is 1. The first-order valence-electron chi connectivity index (χ1n) is 5.56. The van der Waals surface area contributed by atoms with E-state index in [0.717, 1.165) is 0 Å². The summed E-state index contributed by atoms with van der Waals surface area (Å²) < 4.78 is 0. The molecule has 0 saturated carbocycles. The molecule has 1 heterocycles. The summed E-state index contributed by atoms with van der Waals surface area (Å²) in [6.07, 6.45) is 2.15. The van der Waals surface area contributed by atoms with Gasteiger partial charge in [-0.25, -0.2) is 0 Å². The second-order valence-electron chi connectivity index (χ2n) is 5.38. The topological polar surface area (TPSA) is 15.8 Å². The van der Waals surface area contributed by atoms with Crippen LogP contribution >= 0.6 is 0 Å². The van der Waals surface area contributed by atoms with Crippen molar-refractivity contribution in [1.29, 1.82) is 0 Å². The van der Waals surface area contributed by atoms with E-state index < -0.39 is 0 Å². The Morgan fingerprint density at radius 3 is 2.47 bits per heavy atom. The molecule has 0 radical (unpaired) electrons. The van der Waals surface area contributed by atoms with Gasteiger partial charge in [-0.1, -0.05) is 45.9 Å². The van der Waals surface area contributed by atoms with Crippen LogP contribution in [0.1, 0.15) is 39.2 Å². The molecule has 0 saturated heterocycles. The Morgan fingerprint density at radius 1 is 1.13 bits per heavy atom. The van der Waals surface area contributed by atoms with E-state index in [4.69, 9.17) is 0 Å². The summed E-state index contributed by atoms with van der Waals surface area (Å²) in [4.78, 5) is 3.34. The average molecular weight is 201 g/mol. The monoisotopic (exact) mass is 201 g/mol. The van der Waals surface area contributed by atoms with Gasteiger partial charge in [-0.3, -0.25) is 0 Å². The van der Waals surface area contributed by atoms with Crippen LogP contribution in [-0.4, -0.2) is 4.98 Å². The zero-order valence-corrected chi connectivity index (χ0v) is 9.96. The molecule has 1 heteroatoms. The van der Waals surface area contributed by atoms with Crippen LogP contribution in [0.5, 0.6) is 0 Å². The van der Waals surface area contributed by atoms with Crippen LogP contribution in [0.4, 0.5) is 0 Å². The van der Waals surface area contributed by atoms with Crippen molar-refractivity contribution in [3.8, 4) is 0 Å². The van der Waals surface area contributed by atoms with Crippen LogP contribution in [0.15, 0.2) is 30.5 Å². The molecule has 0 aliphatic heterocycles. The maximum Gasteiger partial charge on any atom is 0.0456 e. The van der Waals surface area contributed by atoms with Crippen molar-refractivity contribution in [2.24, 2.45) is 5.41 Å². The van der Waals surface area contributed by atoms with E-state index in [-0.39, 0.29) is 0 Å². The Bertz CT molecular complexity index is 459. The number of benzene rings is 1. The van der Waals surface area contributed by atoms with Crippen LogP contribution in [0, 0.1) is 5.41 Å². The van der Waals surface area contributed by atoms with Crippen molar-refractivity contribution in [2.45, 2.75) is 33.6 Å². The summed E-state index contributed by atoms with van der Waals surface area (Å²) in [5.74, 6) is 0.564. The average Bonchev–Trinajstić information content (AvgIpc) is 2.58. The van der Waals surface area contributed by atoms with Crippen molar-refractivity contribution >= 4 is 10.9 Å². The summed E-state index contributed by atoms with van der Waals surface area (Å²) >= 11 is 0. The number of H-pyrrole nitrogens is 1. The number of rotatable bonds is 1. The summed E-state index contributed by atoms with van der Waals surface area (Å²) in [7, 11) is 0. The van der Waals surface area contributed by atoms with E-state index >= 15 is 0 Å². The summed E-state index contributed by atoms with van der Waals surface area (Å²) in [6.45, 7) is 9.17. The highest BCUT2D eigenvalue weighted by atomic mass is 14.7. The molecular weight excluding hydrogens is 182 g/mol. The van der Waals surface area contributed by atoms with Crippen LogP contribution in [0.2, 0.25) is 0 Å². The van der Waals surface area contributed by atoms with Gasteiger partial charge in [0, 0.05) is 17.1 Å². The first-order chi connectivity index (χ1) is 7.00. The van der Waals surface area contributed by atoms with Gasteiger partial charge in [-0.05, 0) is 23.0 Å². The minimum absolute atomic E-state index is 0.310. The first kappa shape index (κ1) is 10.3. The fourth-order valence-electron chi connectivity index (χ4n) is 1.92. The van der Waals surface area contributed by atoms with Gasteiger partial charge in [0.2, 0.25) is 0 Å². The predicted octanol–water partition coefficient (Wildman–Crippen LogP) is 4.32. The van der Waals surface area contributed by atoms with E-state index in [9.17, 15) is 0 Å². The number of fused-ring (bicyclic) bond motifs is 1. The molecule has 1 aromatic heterocycles. The Labute approximate surface area is 91.5 Å². The third-order valence-electron chi connectivity index (χ3n) is 3.39. The van der Waals surface area contributed by atoms with Crippen molar-refractivity contribution in [3.05, 3.63) is 36.0 Å². The quantitative estimate of drug-likeness (QED) is 0.707. The van der Waals surface area contributed by atoms with Gasteiger partial charge in [0.25, 0.3) is 0 Å². The second-order valence-corrected chi connectivity index (χ2v) is 5.38. The van der Waals surface area contributed by atoms with Gasteiger partial charge in [-0.15, -0.1) is 0 Å². The molecule has 0 aliphatic rings. The molecule has 2 rings (SSSR count). The second kappa shape index (κ2) is 3.41. The van der Waals surface area contributed by atoms with Gasteiger partial charge >= 0.3 is 0 Å². The highest BCUT2D eigenvalue weighted by molar-refractivity contribution is 5.83. The normalized spacial score (nSPS) is 14.4. The third-order valence-corrected chi connectivity index (χ3v) is 3.39. The molecule has 0 unspecified atom stereocenters. The number of para-hydroxylation sites is 1. The van der Waals surface area contributed by atoms with Crippen LogP contribution in [-0.2, 0) is 0 Å². The Balaban J connectivity index is 2.53. The molecule has 15 heavy (non-hydrogen) atoms. The SMILES string of the molecule is C[C@H](c1c[nH]c2ccccc12)C(C)(C)C. The fraction of sp³-hybridized carbons (Fsp3) is 0.429. The Hall–Kier alpha value is -1.24. The lowest BCUT2D eigenvalue weighted by atomic mass is 9.78. The Morgan fingerprint density at radius 2 is 1.80 bits per heavy atom. The number of nitrogens with one attached hydrogen (secondary N) is 1. The molecule has 80 valence electrons. The van der Waals surface area contributed by atoms with Crippen molar-refractivity contribution in [2.75, 3.05) is 0 Å². The zero-order valence-electron chi connectivity index (χ0n) is 9.96. The molecule has 1 atom stereocenters. The molecule has 0 amide bonds. The predicted molar refractivity (Wildman–Crippen MR) is 66.2 cm³/mol. The van der Waals surface area contributed by atoms with Gasteiger partial charge in [0.05, 0.1) is 0 Å². The molecule has 1 N–H and O–H groups in total. The van der Waals surface area contributed by atoms with Gasteiger partial charge in [0.1, 0.15) is 0 Å². The Kier molecular flexibility index (Phi) is 2.34. The molecular formula is C14H19N. The smallest absolute Gasteiger partial charge is 0.0456 e. The minimum Gasteiger partial charge on any atom is -0.361 e. The van der Waals surface area contributed by atoms with Crippen molar-refractivity contribution in [1.82, 2.24) is 4.98 Å². The lowest BCUT2D eigenvalue weighted by Crippen LogP contribution is -2.14.